The largest absolute Gasteiger partial charge is 0.606 e. The van der Waals surface area contributed by atoms with Gasteiger partial charge < -0.3 is 9.29 Å². The molecule has 2 aromatic rings. The van der Waals surface area contributed by atoms with Crippen LogP contribution in [0.2, 0.25) is 0 Å². The predicted molar refractivity (Wildman–Crippen MR) is 80.4 cm³/mol. The van der Waals surface area contributed by atoms with Crippen molar-refractivity contribution in [1.29, 1.82) is 0 Å². The van der Waals surface area contributed by atoms with E-state index in [0.717, 1.165) is 10.0 Å². The molecule has 3 rings (SSSR count). The van der Waals surface area contributed by atoms with Crippen LogP contribution in [0.1, 0.15) is 5.56 Å². The smallest absolute Gasteiger partial charge is 0.168 e. The third kappa shape index (κ3) is 2.61. The zero-order valence-corrected chi connectivity index (χ0v) is 12.7. The van der Waals surface area contributed by atoms with E-state index in [4.69, 9.17) is 4.74 Å². The summed E-state index contributed by atoms with van der Waals surface area (Å²) < 4.78 is 32.0. The van der Waals surface area contributed by atoms with Crippen molar-refractivity contribution in [1.82, 2.24) is 0 Å². The Kier molecular flexibility index (Phi) is 3.83. The van der Waals surface area contributed by atoms with E-state index in [9.17, 15) is 8.94 Å². The van der Waals surface area contributed by atoms with Crippen LogP contribution in [0.3, 0.4) is 0 Å². The Balaban J connectivity index is 1.98. The molecule has 0 saturated carbocycles. The predicted octanol–water partition coefficient (Wildman–Crippen LogP) is 4.13. The molecule has 0 fully saturated rings. The molecule has 1 unspecified atom stereocenters. The van der Waals surface area contributed by atoms with Crippen LogP contribution in [-0.4, -0.2) is 11.2 Å². The molecule has 0 saturated heterocycles. The first kappa shape index (κ1) is 13.7. The molecule has 0 amide bonds. The minimum absolute atomic E-state index is 0.337. The second-order valence-corrected chi connectivity index (χ2v) is 6.61. The van der Waals surface area contributed by atoms with Gasteiger partial charge in [0.15, 0.2) is 9.80 Å². The first-order valence-corrected chi connectivity index (χ1v) is 7.89. The quantitative estimate of drug-likeness (QED) is 0.761. The molecule has 2 nitrogen and oxygen atoms in total. The van der Waals surface area contributed by atoms with Crippen LogP contribution in [0, 0.1) is 5.82 Å². The highest BCUT2D eigenvalue weighted by atomic mass is 79.9. The van der Waals surface area contributed by atoms with E-state index in [0.29, 0.717) is 22.2 Å². The molecule has 102 valence electrons. The normalized spacial score (nSPS) is 15.1. The second-order valence-electron chi connectivity index (χ2n) is 4.24. The number of fused-ring (bicyclic) bond motifs is 1. The van der Waals surface area contributed by atoms with Crippen LogP contribution >= 0.6 is 15.9 Å². The number of ether oxygens (including phenoxy) is 1. The lowest BCUT2D eigenvalue weighted by Gasteiger charge is -2.20. The van der Waals surface area contributed by atoms with Gasteiger partial charge in [0.2, 0.25) is 0 Å². The molecular formula is C15H10BrFO2S. The minimum Gasteiger partial charge on any atom is -0.606 e. The molecular weight excluding hydrogens is 343 g/mol. The molecule has 1 aliphatic rings. The molecule has 0 aliphatic carbocycles. The van der Waals surface area contributed by atoms with Crippen LogP contribution in [0.4, 0.5) is 4.39 Å². The highest BCUT2D eigenvalue weighted by Gasteiger charge is 2.26. The Hall–Kier alpha value is -1.30. The topological polar surface area (TPSA) is 32.3 Å². The molecule has 20 heavy (non-hydrogen) atoms. The molecule has 1 aliphatic heterocycles. The highest BCUT2D eigenvalue weighted by Crippen LogP contribution is 2.37. The van der Waals surface area contributed by atoms with Crippen molar-refractivity contribution >= 4 is 32.0 Å². The minimum atomic E-state index is -1.35. The van der Waals surface area contributed by atoms with Crippen molar-refractivity contribution in [2.24, 2.45) is 0 Å². The van der Waals surface area contributed by atoms with Gasteiger partial charge in [0.1, 0.15) is 18.2 Å². The molecule has 1 atom stereocenters. The second kappa shape index (κ2) is 5.60. The Labute approximate surface area is 127 Å². The average molecular weight is 353 g/mol. The van der Waals surface area contributed by atoms with Crippen molar-refractivity contribution in [3.8, 4) is 5.75 Å². The van der Waals surface area contributed by atoms with Crippen LogP contribution in [0.25, 0.3) is 4.91 Å². The SMILES string of the molecule is [O-][S+](C1=CCOc2cc(Br)ccc21)c1ccc(F)cc1. The van der Waals surface area contributed by atoms with Gasteiger partial charge in [-0.1, -0.05) is 15.9 Å². The maximum Gasteiger partial charge on any atom is 0.168 e. The lowest BCUT2D eigenvalue weighted by Crippen LogP contribution is -2.12. The summed E-state index contributed by atoms with van der Waals surface area (Å²) in [6.45, 7) is 0.381. The van der Waals surface area contributed by atoms with Gasteiger partial charge >= 0.3 is 0 Å². The van der Waals surface area contributed by atoms with Crippen LogP contribution in [0.15, 0.2) is 57.9 Å². The summed E-state index contributed by atoms with van der Waals surface area (Å²) in [6.07, 6.45) is 1.80. The van der Waals surface area contributed by atoms with Crippen molar-refractivity contribution in [2.45, 2.75) is 4.90 Å². The Morgan fingerprint density at radius 2 is 1.90 bits per heavy atom. The summed E-state index contributed by atoms with van der Waals surface area (Å²) in [5.74, 6) is 0.364. The Bertz CT molecular complexity index is 670. The van der Waals surface area contributed by atoms with Gasteiger partial charge in [0.05, 0.1) is 5.56 Å². The maximum atomic E-state index is 12.9. The number of benzene rings is 2. The molecule has 2 aromatic carbocycles. The summed E-state index contributed by atoms with van der Waals surface area (Å²) in [7, 11) is 0. The van der Waals surface area contributed by atoms with E-state index in [1.165, 1.54) is 12.1 Å². The van der Waals surface area contributed by atoms with Crippen LogP contribution < -0.4 is 4.74 Å². The number of halogens is 2. The summed E-state index contributed by atoms with van der Waals surface area (Å²) in [6, 6.07) is 11.3. The molecule has 0 aromatic heterocycles. The summed E-state index contributed by atoms with van der Waals surface area (Å²) in [4.78, 5) is 1.28. The molecule has 0 N–H and O–H groups in total. The van der Waals surface area contributed by atoms with Gasteiger partial charge in [-0.15, -0.1) is 0 Å². The first-order valence-electron chi connectivity index (χ1n) is 5.95. The van der Waals surface area contributed by atoms with Gasteiger partial charge in [0, 0.05) is 21.7 Å². The van der Waals surface area contributed by atoms with E-state index in [-0.39, 0.29) is 5.82 Å². The van der Waals surface area contributed by atoms with E-state index in [1.54, 1.807) is 18.2 Å². The number of hydrogen-bond acceptors (Lipinski definition) is 2. The number of hydrogen-bond donors (Lipinski definition) is 0. The van der Waals surface area contributed by atoms with Gasteiger partial charge in [-0.2, -0.15) is 0 Å². The summed E-state index contributed by atoms with van der Waals surface area (Å²) in [5.41, 5.74) is 0.808. The fourth-order valence-electron chi connectivity index (χ4n) is 2.00. The lowest BCUT2D eigenvalue weighted by atomic mass is 10.1. The molecule has 5 heteroatoms. The molecule has 0 bridgehead atoms. The summed E-state index contributed by atoms with van der Waals surface area (Å²) >= 11 is 2.04. The zero-order chi connectivity index (χ0) is 14.1. The monoisotopic (exact) mass is 352 g/mol. The molecule has 0 spiro atoms. The Morgan fingerprint density at radius 3 is 2.65 bits per heavy atom. The van der Waals surface area contributed by atoms with Crippen molar-refractivity contribution in [2.75, 3.05) is 6.61 Å². The maximum absolute atomic E-state index is 12.9. The molecule has 0 radical (unpaired) electrons. The zero-order valence-electron chi connectivity index (χ0n) is 10.3. The third-order valence-corrected chi connectivity index (χ3v) is 4.92. The fourth-order valence-corrected chi connectivity index (χ4v) is 3.56. The van der Waals surface area contributed by atoms with Crippen LogP contribution in [-0.2, 0) is 11.2 Å². The van der Waals surface area contributed by atoms with E-state index < -0.39 is 11.2 Å². The molecule has 1 heterocycles. The van der Waals surface area contributed by atoms with Crippen molar-refractivity contribution < 1.29 is 13.7 Å². The highest BCUT2D eigenvalue weighted by molar-refractivity contribution is 9.10. The number of rotatable bonds is 2. The van der Waals surface area contributed by atoms with Gasteiger partial charge in [0.25, 0.3) is 0 Å². The fraction of sp³-hybridized carbons (Fsp3) is 0.0667. The van der Waals surface area contributed by atoms with E-state index in [1.807, 2.05) is 18.2 Å². The lowest BCUT2D eigenvalue weighted by molar-refractivity contribution is 0.357. The van der Waals surface area contributed by atoms with Gasteiger partial charge in [-0.05, 0) is 42.5 Å². The van der Waals surface area contributed by atoms with E-state index in [2.05, 4.69) is 15.9 Å². The Morgan fingerprint density at radius 1 is 1.15 bits per heavy atom. The van der Waals surface area contributed by atoms with Crippen molar-refractivity contribution in [3.63, 3.8) is 0 Å². The van der Waals surface area contributed by atoms with Gasteiger partial charge in [-0.3, -0.25) is 0 Å². The average Bonchev–Trinajstić information content (AvgIpc) is 2.46. The first-order chi connectivity index (χ1) is 9.65. The standard InChI is InChI=1S/C15H10BrFO2S/c16-10-1-6-13-14(9-10)19-8-7-15(13)20(18)12-4-2-11(17)3-5-12/h1-7,9H,8H2. The van der Waals surface area contributed by atoms with Crippen molar-refractivity contribution in [3.05, 3.63) is 64.4 Å². The van der Waals surface area contributed by atoms with Gasteiger partial charge in [-0.25, -0.2) is 4.39 Å². The van der Waals surface area contributed by atoms with E-state index >= 15 is 0 Å². The third-order valence-electron chi connectivity index (χ3n) is 2.94. The summed E-state index contributed by atoms with van der Waals surface area (Å²) in [5, 5.41) is 0. The van der Waals surface area contributed by atoms with Crippen LogP contribution in [0.5, 0.6) is 5.75 Å².